The van der Waals surface area contributed by atoms with E-state index < -0.39 is 0 Å². The second-order valence-electron chi connectivity index (χ2n) is 5.07. The van der Waals surface area contributed by atoms with Gasteiger partial charge in [0.1, 0.15) is 11.6 Å². The average molecular weight is 302 g/mol. The van der Waals surface area contributed by atoms with Crippen LogP contribution in [-0.4, -0.2) is 14.8 Å². The van der Waals surface area contributed by atoms with Gasteiger partial charge in [-0.2, -0.15) is 5.26 Å². The minimum Gasteiger partial charge on any atom is -0.306 e. The van der Waals surface area contributed by atoms with Crippen molar-refractivity contribution in [3.8, 4) is 6.07 Å². The highest BCUT2D eigenvalue weighted by atomic mass is 32.2. The van der Waals surface area contributed by atoms with Crippen molar-refractivity contribution in [1.82, 2.24) is 14.8 Å². The molecule has 21 heavy (non-hydrogen) atoms. The molecular formula is C15H15FN4S. The summed E-state index contributed by atoms with van der Waals surface area (Å²) in [6.07, 6.45) is 4.47. The van der Waals surface area contributed by atoms with Gasteiger partial charge in [0.25, 0.3) is 0 Å². The van der Waals surface area contributed by atoms with Crippen LogP contribution in [0.4, 0.5) is 4.39 Å². The molecule has 6 heteroatoms. The predicted octanol–water partition coefficient (Wildman–Crippen LogP) is 3.31. The van der Waals surface area contributed by atoms with Gasteiger partial charge in [-0.25, -0.2) is 4.39 Å². The first kappa shape index (κ1) is 14.1. The van der Waals surface area contributed by atoms with Crippen LogP contribution in [0.25, 0.3) is 0 Å². The molecule has 0 radical (unpaired) electrons. The molecule has 0 aliphatic carbocycles. The van der Waals surface area contributed by atoms with Crippen LogP contribution in [0, 0.1) is 17.1 Å². The molecule has 2 aromatic rings. The van der Waals surface area contributed by atoms with Gasteiger partial charge in [0.15, 0.2) is 5.16 Å². The third-order valence-corrected chi connectivity index (χ3v) is 4.62. The van der Waals surface area contributed by atoms with Crippen LogP contribution in [0.15, 0.2) is 23.4 Å². The monoisotopic (exact) mass is 302 g/mol. The molecule has 0 N–H and O–H groups in total. The van der Waals surface area contributed by atoms with Gasteiger partial charge in [0.2, 0.25) is 0 Å². The minimum absolute atomic E-state index is 0.280. The van der Waals surface area contributed by atoms with Crippen LogP contribution in [0.1, 0.15) is 36.2 Å². The van der Waals surface area contributed by atoms with Gasteiger partial charge in [0, 0.05) is 18.7 Å². The summed E-state index contributed by atoms with van der Waals surface area (Å²) in [7, 11) is 0. The van der Waals surface area contributed by atoms with Crippen molar-refractivity contribution in [2.24, 2.45) is 0 Å². The van der Waals surface area contributed by atoms with E-state index in [-0.39, 0.29) is 5.82 Å². The zero-order valence-corrected chi connectivity index (χ0v) is 12.4. The molecule has 0 atom stereocenters. The fourth-order valence-electron chi connectivity index (χ4n) is 2.46. The van der Waals surface area contributed by atoms with E-state index in [0.717, 1.165) is 36.8 Å². The molecule has 108 valence electrons. The number of halogens is 1. The number of benzene rings is 1. The molecule has 3 rings (SSSR count). The fraction of sp³-hybridized carbons (Fsp3) is 0.400. The summed E-state index contributed by atoms with van der Waals surface area (Å²) in [6, 6.07) is 6.47. The summed E-state index contributed by atoms with van der Waals surface area (Å²) in [4.78, 5) is 0. The standard InChI is InChI=1S/C15H15FN4S/c16-13-6-5-11(9-17)8-12(13)10-21-15-19-18-14-4-2-1-3-7-20(14)15/h5-6,8H,1-4,7,10H2. The number of rotatable bonds is 3. The molecule has 4 nitrogen and oxygen atoms in total. The van der Waals surface area contributed by atoms with Crippen LogP contribution in [-0.2, 0) is 18.7 Å². The number of thioether (sulfide) groups is 1. The van der Waals surface area contributed by atoms with Crippen LogP contribution >= 0.6 is 11.8 Å². The number of hydrogen-bond donors (Lipinski definition) is 0. The summed E-state index contributed by atoms with van der Waals surface area (Å²) in [5.74, 6) is 1.21. The lowest BCUT2D eigenvalue weighted by Gasteiger charge is -2.07. The fourth-order valence-corrected chi connectivity index (χ4v) is 3.42. The third kappa shape index (κ3) is 3.08. The lowest BCUT2D eigenvalue weighted by Crippen LogP contribution is -2.02. The molecule has 0 fully saturated rings. The lowest BCUT2D eigenvalue weighted by atomic mass is 10.1. The van der Waals surface area contributed by atoms with E-state index >= 15 is 0 Å². The molecule has 1 aliphatic heterocycles. The number of nitriles is 1. The molecule has 1 aliphatic rings. The Hall–Kier alpha value is -1.87. The van der Waals surface area contributed by atoms with E-state index in [1.54, 1.807) is 6.07 Å². The Morgan fingerprint density at radius 2 is 2.19 bits per heavy atom. The molecule has 0 spiro atoms. The minimum atomic E-state index is -0.280. The van der Waals surface area contributed by atoms with Crippen LogP contribution < -0.4 is 0 Å². The second-order valence-corrected chi connectivity index (χ2v) is 6.01. The highest BCUT2D eigenvalue weighted by molar-refractivity contribution is 7.98. The van der Waals surface area contributed by atoms with Gasteiger partial charge < -0.3 is 4.57 Å². The van der Waals surface area contributed by atoms with Crippen molar-refractivity contribution in [2.45, 2.75) is 43.1 Å². The van der Waals surface area contributed by atoms with Crippen LogP contribution in [0.3, 0.4) is 0 Å². The smallest absolute Gasteiger partial charge is 0.191 e. The summed E-state index contributed by atoms with van der Waals surface area (Å²) in [5, 5.41) is 18.2. The summed E-state index contributed by atoms with van der Waals surface area (Å²) in [6.45, 7) is 0.936. The SMILES string of the molecule is N#Cc1ccc(F)c(CSc2nnc3n2CCCCC3)c1. The van der Waals surface area contributed by atoms with Crippen molar-refractivity contribution < 1.29 is 4.39 Å². The molecule has 0 saturated carbocycles. The van der Waals surface area contributed by atoms with Gasteiger partial charge in [0.05, 0.1) is 11.6 Å². The Morgan fingerprint density at radius 3 is 3.05 bits per heavy atom. The van der Waals surface area contributed by atoms with Crippen molar-refractivity contribution in [3.63, 3.8) is 0 Å². The van der Waals surface area contributed by atoms with Crippen molar-refractivity contribution in [3.05, 3.63) is 41.0 Å². The maximum atomic E-state index is 13.8. The average Bonchev–Trinajstić information content (AvgIpc) is 2.73. The molecule has 1 aromatic heterocycles. The van der Waals surface area contributed by atoms with Gasteiger partial charge >= 0.3 is 0 Å². The first-order valence-electron chi connectivity index (χ1n) is 7.01. The normalized spacial score (nSPS) is 14.3. The Morgan fingerprint density at radius 1 is 1.29 bits per heavy atom. The zero-order valence-electron chi connectivity index (χ0n) is 11.5. The van der Waals surface area contributed by atoms with Crippen molar-refractivity contribution in [1.29, 1.82) is 5.26 Å². The zero-order chi connectivity index (χ0) is 14.7. The first-order chi connectivity index (χ1) is 10.3. The quantitative estimate of drug-likeness (QED) is 0.816. The third-order valence-electron chi connectivity index (χ3n) is 3.61. The number of fused-ring (bicyclic) bond motifs is 1. The summed E-state index contributed by atoms with van der Waals surface area (Å²) < 4.78 is 15.9. The summed E-state index contributed by atoms with van der Waals surface area (Å²) in [5.41, 5.74) is 1.01. The maximum absolute atomic E-state index is 13.8. The molecule has 0 unspecified atom stereocenters. The Bertz CT molecular complexity index is 689. The van der Waals surface area contributed by atoms with Gasteiger partial charge in [-0.3, -0.25) is 0 Å². The highest BCUT2D eigenvalue weighted by Crippen LogP contribution is 2.26. The topological polar surface area (TPSA) is 54.5 Å². The maximum Gasteiger partial charge on any atom is 0.191 e. The summed E-state index contributed by atoms with van der Waals surface area (Å²) >= 11 is 1.48. The number of hydrogen-bond acceptors (Lipinski definition) is 4. The Labute approximate surface area is 127 Å². The van der Waals surface area contributed by atoms with Crippen LogP contribution in [0.5, 0.6) is 0 Å². The van der Waals surface area contributed by atoms with Gasteiger partial charge in [-0.05, 0) is 36.6 Å². The van der Waals surface area contributed by atoms with Gasteiger partial charge in [-0.1, -0.05) is 18.2 Å². The molecule has 0 saturated heterocycles. The number of aromatic nitrogens is 3. The molecule has 0 amide bonds. The van der Waals surface area contributed by atoms with Crippen LogP contribution in [0.2, 0.25) is 0 Å². The molecule has 1 aromatic carbocycles. The second kappa shape index (κ2) is 6.27. The first-order valence-corrected chi connectivity index (χ1v) is 8.00. The molecule has 2 heterocycles. The lowest BCUT2D eigenvalue weighted by molar-refractivity contribution is 0.590. The van der Waals surface area contributed by atoms with E-state index in [4.69, 9.17) is 5.26 Å². The van der Waals surface area contributed by atoms with E-state index in [1.807, 2.05) is 6.07 Å². The van der Waals surface area contributed by atoms with E-state index in [0.29, 0.717) is 16.9 Å². The van der Waals surface area contributed by atoms with E-state index in [2.05, 4.69) is 14.8 Å². The number of nitrogens with zero attached hydrogens (tertiary/aromatic N) is 4. The van der Waals surface area contributed by atoms with E-state index in [9.17, 15) is 4.39 Å². The number of aryl methyl sites for hydroxylation is 1. The van der Waals surface area contributed by atoms with Crippen molar-refractivity contribution >= 4 is 11.8 Å². The molecule has 0 bridgehead atoms. The largest absolute Gasteiger partial charge is 0.306 e. The predicted molar refractivity (Wildman–Crippen MR) is 78.3 cm³/mol. The Balaban J connectivity index is 1.77. The Kier molecular flexibility index (Phi) is 4.20. The molecular weight excluding hydrogens is 287 g/mol. The van der Waals surface area contributed by atoms with E-state index in [1.165, 1.54) is 30.3 Å². The highest BCUT2D eigenvalue weighted by Gasteiger charge is 2.15. The van der Waals surface area contributed by atoms with Gasteiger partial charge in [-0.15, -0.1) is 10.2 Å². The van der Waals surface area contributed by atoms with Crippen molar-refractivity contribution in [2.75, 3.05) is 0 Å².